The molecular formula is C29H26FNO3. The Kier molecular flexibility index (Phi) is 6.01. The van der Waals surface area contributed by atoms with E-state index in [0.29, 0.717) is 25.0 Å². The third-order valence-corrected chi connectivity index (χ3v) is 6.68. The van der Waals surface area contributed by atoms with Crippen molar-refractivity contribution in [2.45, 2.75) is 38.0 Å². The summed E-state index contributed by atoms with van der Waals surface area (Å²) in [6.07, 6.45) is 1.15. The van der Waals surface area contributed by atoms with Crippen LogP contribution in [0.5, 0.6) is 5.75 Å². The average Bonchev–Trinajstić information content (AvgIpc) is 2.85. The lowest BCUT2D eigenvalue weighted by molar-refractivity contribution is -0.120. The Morgan fingerprint density at radius 3 is 2.24 bits per heavy atom. The monoisotopic (exact) mass is 455 g/mol. The molecule has 0 saturated heterocycles. The van der Waals surface area contributed by atoms with E-state index >= 15 is 0 Å². The van der Waals surface area contributed by atoms with Gasteiger partial charge in [0.15, 0.2) is 5.78 Å². The molecule has 0 aromatic heterocycles. The topological polar surface area (TPSA) is 46.6 Å². The van der Waals surface area contributed by atoms with Crippen molar-refractivity contribution in [1.82, 2.24) is 0 Å². The first-order valence-electron chi connectivity index (χ1n) is 11.7. The largest absolute Gasteiger partial charge is 0.494 e. The van der Waals surface area contributed by atoms with Crippen LogP contribution in [0.2, 0.25) is 0 Å². The highest BCUT2D eigenvalue weighted by Crippen LogP contribution is 2.47. The molecular weight excluding hydrogens is 429 g/mol. The molecule has 0 spiro atoms. The van der Waals surface area contributed by atoms with Gasteiger partial charge in [-0.1, -0.05) is 42.5 Å². The lowest BCUT2D eigenvalue weighted by Crippen LogP contribution is -2.41. The van der Waals surface area contributed by atoms with Gasteiger partial charge in [-0.2, -0.15) is 0 Å². The van der Waals surface area contributed by atoms with Gasteiger partial charge in [0.05, 0.1) is 6.61 Å². The number of ether oxygens (including phenoxy) is 1. The first-order chi connectivity index (χ1) is 16.5. The van der Waals surface area contributed by atoms with Crippen LogP contribution in [0.1, 0.15) is 49.1 Å². The van der Waals surface area contributed by atoms with Crippen LogP contribution in [0.15, 0.2) is 90.1 Å². The zero-order valence-corrected chi connectivity index (χ0v) is 19.0. The van der Waals surface area contributed by atoms with E-state index in [1.165, 1.54) is 12.1 Å². The van der Waals surface area contributed by atoms with E-state index in [-0.39, 0.29) is 35.8 Å². The van der Waals surface area contributed by atoms with Crippen molar-refractivity contribution in [3.63, 3.8) is 0 Å². The molecule has 0 bridgehead atoms. The molecule has 34 heavy (non-hydrogen) atoms. The summed E-state index contributed by atoms with van der Waals surface area (Å²) >= 11 is 0. The Balaban J connectivity index is 1.61. The number of hydrogen-bond acceptors (Lipinski definition) is 3. The normalized spacial score (nSPS) is 20.4. The number of hydrogen-bond donors (Lipinski definition) is 0. The van der Waals surface area contributed by atoms with Crippen LogP contribution in [0.4, 0.5) is 10.1 Å². The predicted molar refractivity (Wildman–Crippen MR) is 129 cm³/mol. The number of ketones is 1. The molecule has 5 rings (SSSR count). The number of carbonyl (C=O) groups excluding carboxylic acids is 2. The number of allylic oxidation sites excluding steroid dienone is 2. The second-order valence-electron chi connectivity index (χ2n) is 8.76. The number of carbonyl (C=O) groups is 2. The van der Waals surface area contributed by atoms with Crippen molar-refractivity contribution in [2.24, 2.45) is 0 Å². The van der Waals surface area contributed by atoms with Crippen LogP contribution < -0.4 is 9.64 Å². The van der Waals surface area contributed by atoms with Crippen LogP contribution >= 0.6 is 0 Å². The minimum Gasteiger partial charge on any atom is -0.494 e. The summed E-state index contributed by atoms with van der Waals surface area (Å²) in [4.78, 5) is 28.8. The highest BCUT2D eigenvalue weighted by Gasteiger charge is 2.42. The van der Waals surface area contributed by atoms with E-state index in [0.717, 1.165) is 28.3 Å². The van der Waals surface area contributed by atoms with Gasteiger partial charge >= 0.3 is 0 Å². The number of nitrogens with zero attached hydrogens (tertiary/aromatic N) is 1. The molecule has 3 aromatic rings. The second-order valence-corrected chi connectivity index (χ2v) is 8.76. The zero-order valence-electron chi connectivity index (χ0n) is 19.0. The standard InChI is InChI=1S/C29H26FNO3/c1-2-34-24-14-12-23(13-15-24)31-26-16-21(19-6-4-3-5-7-19)17-27(32)29(26)25(18-28(31)33)20-8-10-22(30)11-9-20/h3-15,21,25H,2,16-18H2,1H3. The number of halogens is 1. The molecule has 1 aliphatic carbocycles. The molecule has 4 nitrogen and oxygen atoms in total. The first-order valence-corrected chi connectivity index (χ1v) is 11.7. The van der Waals surface area contributed by atoms with Gasteiger partial charge in [-0.3, -0.25) is 14.5 Å². The fraction of sp³-hybridized carbons (Fsp3) is 0.241. The van der Waals surface area contributed by atoms with Crippen molar-refractivity contribution in [1.29, 1.82) is 0 Å². The van der Waals surface area contributed by atoms with Crippen molar-refractivity contribution in [3.8, 4) is 5.75 Å². The van der Waals surface area contributed by atoms with Gasteiger partial charge in [-0.25, -0.2) is 4.39 Å². The summed E-state index contributed by atoms with van der Waals surface area (Å²) in [6, 6.07) is 23.5. The van der Waals surface area contributed by atoms with Crippen molar-refractivity contribution < 1.29 is 18.7 Å². The maximum absolute atomic E-state index is 13.6. The van der Waals surface area contributed by atoms with Crippen LogP contribution in [-0.2, 0) is 9.59 Å². The molecule has 2 aliphatic rings. The first kappa shape index (κ1) is 22.1. The van der Waals surface area contributed by atoms with Crippen molar-refractivity contribution >= 4 is 17.4 Å². The average molecular weight is 456 g/mol. The molecule has 0 N–H and O–H groups in total. The number of anilines is 1. The summed E-state index contributed by atoms with van der Waals surface area (Å²) in [5, 5.41) is 0. The third kappa shape index (κ3) is 4.14. The summed E-state index contributed by atoms with van der Waals surface area (Å²) in [7, 11) is 0. The van der Waals surface area contributed by atoms with E-state index in [1.54, 1.807) is 17.0 Å². The summed E-state index contributed by atoms with van der Waals surface area (Å²) in [6.45, 7) is 2.48. The molecule has 172 valence electrons. The molecule has 0 radical (unpaired) electrons. The highest BCUT2D eigenvalue weighted by atomic mass is 19.1. The molecule has 0 saturated carbocycles. The number of rotatable bonds is 5. The second kappa shape index (κ2) is 9.26. The molecule has 2 atom stereocenters. The number of benzene rings is 3. The fourth-order valence-electron chi connectivity index (χ4n) is 5.13. The van der Waals surface area contributed by atoms with Crippen molar-refractivity contribution in [3.05, 3.63) is 107 Å². The molecule has 2 unspecified atom stereocenters. The molecule has 1 aliphatic heterocycles. The quantitative estimate of drug-likeness (QED) is 0.464. The Labute approximate surface area is 198 Å². The van der Waals surface area contributed by atoms with Gasteiger partial charge < -0.3 is 4.74 Å². The minimum absolute atomic E-state index is 0.00239. The van der Waals surface area contributed by atoms with Gasteiger partial charge in [0.2, 0.25) is 5.91 Å². The Morgan fingerprint density at radius 2 is 1.56 bits per heavy atom. The summed E-state index contributed by atoms with van der Waals surface area (Å²) in [5.41, 5.74) is 4.03. The third-order valence-electron chi connectivity index (χ3n) is 6.68. The number of amides is 1. The Morgan fingerprint density at radius 1 is 0.853 bits per heavy atom. The summed E-state index contributed by atoms with van der Waals surface area (Å²) < 4.78 is 19.1. The van der Waals surface area contributed by atoms with Gasteiger partial charge in [0.1, 0.15) is 11.6 Å². The van der Waals surface area contributed by atoms with Gasteiger partial charge in [-0.05, 0) is 66.8 Å². The highest BCUT2D eigenvalue weighted by molar-refractivity contribution is 6.07. The summed E-state index contributed by atoms with van der Waals surface area (Å²) in [5.74, 6) is 0.00139. The van der Waals surface area contributed by atoms with Crippen LogP contribution in [0, 0.1) is 5.82 Å². The lowest BCUT2D eigenvalue weighted by atomic mass is 9.72. The van der Waals surface area contributed by atoms with Gasteiger partial charge in [0, 0.05) is 35.7 Å². The van der Waals surface area contributed by atoms with E-state index in [9.17, 15) is 14.0 Å². The van der Waals surface area contributed by atoms with E-state index in [1.807, 2.05) is 61.5 Å². The van der Waals surface area contributed by atoms with Crippen LogP contribution in [-0.4, -0.2) is 18.3 Å². The van der Waals surface area contributed by atoms with Crippen LogP contribution in [0.25, 0.3) is 0 Å². The van der Waals surface area contributed by atoms with E-state index in [2.05, 4.69) is 0 Å². The Hall–Kier alpha value is -3.73. The lowest BCUT2D eigenvalue weighted by Gasteiger charge is -2.40. The SMILES string of the molecule is CCOc1ccc(N2C(=O)CC(c3ccc(F)cc3)C3=C2CC(c2ccccc2)CC3=O)cc1. The van der Waals surface area contributed by atoms with Crippen molar-refractivity contribution in [2.75, 3.05) is 11.5 Å². The van der Waals surface area contributed by atoms with Gasteiger partial charge in [-0.15, -0.1) is 0 Å². The molecule has 0 fully saturated rings. The molecule has 3 aromatic carbocycles. The minimum atomic E-state index is -0.369. The zero-order chi connectivity index (χ0) is 23.7. The Bertz CT molecular complexity index is 1230. The maximum Gasteiger partial charge on any atom is 0.232 e. The van der Waals surface area contributed by atoms with Gasteiger partial charge in [0.25, 0.3) is 0 Å². The molecule has 5 heteroatoms. The molecule has 1 heterocycles. The van der Waals surface area contributed by atoms with Crippen LogP contribution in [0.3, 0.4) is 0 Å². The predicted octanol–water partition coefficient (Wildman–Crippen LogP) is 6.15. The number of Topliss-reactive ketones (excluding diaryl/α,β-unsaturated/α-hetero) is 1. The van der Waals surface area contributed by atoms with E-state index < -0.39 is 0 Å². The molecule has 1 amide bonds. The maximum atomic E-state index is 13.6. The van der Waals surface area contributed by atoms with E-state index in [4.69, 9.17) is 4.74 Å². The smallest absolute Gasteiger partial charge is 0.232 e. The fourth-order valence-corrected chi connectivity index (χ4v) is 5.13.